The summed E-state index contributed by atoms with van der Waals surface area (Å²) < 4.78 is 10.5. The molecule has 0 bridgehead atoms. The Morgan fingerprint density at radius 3 is 2.83 bits per heavy atom. The fourth-order valence-electron chi connectivity index (χ4n) is 1.85. The van der Waals surface area contributed by atoms with Gasteiger partial charge in [-0.05, 0) is 32.4 Å². The van der Waals surface area contributed by atoms with Gasteiger partial charge in [0.2, 0.25) is 0 Å². The van der Waals surface area contributed by atoms with Gasteiger partial charge in [0.15, 0.2) is 0 Å². The van der Waals surface area contributed by atoms with Crippen molar-refractivity contribution >= 4 is 0 Å². The summed E-state index contributed by atoms with van der Waals surface area (Å²) in [6, 6.07) is 1.80. The van der Waals surface area contributed by atoms with Gasteiger partial charge in [0.05, 0.1) is 19.4 Å². The van der Waals surface area contributed by atoms with Crippen LogP contribution in [0.15, 0.2) is 18.5 Å². The second kappa shape index (κ2) is 7.31. The molecule has 3 N–H and O–H groups in total. The molecule has 0 fully saturated rings. The molecular weight excluding hydrogens is 232 g/mol. The first-order chi connectivity index (χ1) is 8.66. The van der Waals surface area contributed by atoms with Crippen LogP contribution in [0.1, 0.15) is 25.3 Å². The quantitative estimate of drug-likeness (QED) is 0.725. The number of aromatic nitrogens is 1. The highest BCUT2D eigenvalue weighted by atomic mass is 16.5. The van der Waals surface area contributed by atoms with Gasteiger partial charge in [0, 0.05) is 18.9 Å². The summed E-state index contributed by atoms with van der Waals surface area (Å²) in [5.74, 6) is 0.650. The summed E-state index contributed by atoms with van der Waals surface area (Å²) in [6.45, 7) is 3.22. The summed E-state index contributed by atoms with van der Waals surface area (Å²) in [5.41, 5.74) is 5.13. The molecule has 1 aromatic heterocycles. The Labute approximate surface area is 108 Å². The van der Waals surface area contributed by atoms with Crippen molar-refractivity contribution in [3.63, 3.8) is 0 Å². The molecular formula is C13H22N2O3. The van der Waals surface area contributed by atoms with Crippen molar-refractivity contribution in [2.45, 2.75) is 25.4 Å². The zero-order valence-corrected chi connectivity index (χ0v) is 11.1. The van der Waals surface area contributed by atoms with E-state index in [2.05, 4.69) is 4.98 Å². The van der Waals surface area contributed by atoms with E-state index in [1.807, 2.05) is 6.92 Å². The molecule has 0 spiro atoms. The smallest absolute Gasteiger partial charge is 0.137 e. The summed E-state index contributed by atoms with van der Waals surface area (Å²) in [7, 11) is 1.56. The molecule has 1 aromatic rings. The molecule has 5 nitrogen and oxygen atoms in total. The fraction of sp³-hybridized carbons (Fsp3) is 0.615. The molecule has 0 saturated heterocycles. The monoisotopic (exact) mass is 254 g/mol. The Morgan fingerprint density at radius 2 is 2.22 bits per heavy atom. The second-order valence-corrected chi connectivity index (χ2v) is 4.20. The number of nitrogens with two attached hydrogens (primary N) is 1. The summed E-state index contributed by atoms with van der Waals surface area (Å²) in [5, 5.41) is 10.6. The van der Waals surface area contributed by atoms with Crippen molar-refractivity contribution < 1.29 is 14.6 Å². The number of hydrogen-bond donors (Lipinski definition) is 2. The summed E-state index contributed by atoms with van der Waals surface area (Å²) in [4.78, 5) is 4.09. The molecule has 1 rings (SSSR count). The second-order valence-electron chi connectivity index (χ2n) is 4.20. The lowest BCUT2D eigenvalue weighted by molar-refractivity contribution is -0.0433. The Balaban J connectivity index is 2.92. The van der Waals surface area contributed by atoms with Crippen LogP contribution in [0.5, 0.6) is 5.75 Å². The van der Waals surface area contributed by atoms with E-state index in [1.54, 1.807) is 25.6 Å². The average Bonchev–Trinajstić information content (AvgIpc) is 2.37. The van der Waals surface area contributed by atoms with Gasteiger partial charge in [0.1, 0.15) is 11.4 Å². The van der Waals surface area contributed by atoms with Gasteiger partial charge in [-0.2, -0.15) is 0 Å². The highest BCUT2D eigenvalue weighted by molar-refractivity contribution is 5.28. The molecule has 0 aromatic carbocycles. The fourth-order valence-corrected chi connectivity index (χ4v) is 1.85. The lowest BCUT2D eigenvalue weighted by Crippen LogP contribution is -2.32. The molecule has 1 atom stereocenters. The Morgan fingerprint density at radius 1 is 1.44 bits per heavy atom. The van der Waals surface area contributed by atoms with Crippen LogP contribution in [0.4, 0.5) is 0 Å². The van der Waals surface area contributed by atoms with Crippen molar-refractivity contribution in [1.29, 1.82) is 0 Å². The van der Waals surface area contributed by atoms with Crippen molar-refractivity contribution in [3.8, 4) is 5.75 Å². The maximum Gasteiger partial charge on any atom is 0.137 e. The van der Waals surface area contributed by atoms with Crippen LogP contribution in [-0.4, -0.2) is 37.0 Å². The standard InChI is InChI=1S/C13H22N2O3/c1-3-18-12-7-11(8-15-9-12)13(16,10-17-2)5-4-6-14/h7-9,16H,3-6,10,14H2,1-2H3. The van der Waals surface area contributed by atoms with Gasteiger partial charge in [-0.3, -0.25) is 4.98 Å². The lowest BCUT2D eigenvalue weighted by Gasteiger charge is -2.27. The van der Waals surface area contributed by atoms with Crippen LogP contribution in [0.2, 0.25) is 0 Å². The van der Waals surface area contributed by atoms with Crippen molar-refractivity contribution in [3.05, 3.63) is 24.0 Å². The number of ether oxygens (including phenoxy) is 2. The van der Waals surface area contributed by atoms with Crippen LogP contribution in [-0.2, 0) is 10.3 Å². The van der Waals surface area contributed by atoms with E-state index >= 15 is 0 Å². The summed E-state index contributed by atoms with van der Waals surface area (Å²) >= 11 is 0. The number of pyridine rings is 1. The van der Waals surface area contributed by atoms with Crippen LogP contribution in [0.25, 0.3) is 0 Å². The Kier molecular flexibility index (Phi) is 6.04. The molecule has 18 heavy (non-hydrogen) atoms. The van der Waals surface area contributed by atoms with Crippen LogP contribution in [0, 0.1) is 0 Å². The highest BCUT2D eigenvalue weighted by Gasteiger charge is 2.29. The molecule has 1 unspecified atom stereocenters. The van der Waals surface area contributed by atoms with Gasteiger partial charge in [-0.1, -0.05) is 0 Å². The van der Waals surface area contributed by atoms with Gasteiger partial charge in [0.25, 0.3) is 0 Å². The number of methoxy groups -OCH3 is 1. The number of rotatable bonds is 8. The SMILES string of the molecule is CCOc1cncc(C(O)(CCCN)COC)c1. The minimum Gasteiger partial charge on any atom is -0.492 e. The van der Waals surface area contributed by atoms with E-state index in [9.17, 15) is 5.11 Å². The van der Waals surface area contributed by atoms with E-state index < -0.39 is 5.60 Å². The van der Waals surface area contributed by atoms with E-state index in [4.69, 9.17) is 15.2 Å². The van der Waals surface area contributed by atoms with Gasteiger partial charge in [-0.15, -0.1) is 0 Å². The predicted octanol–water partition coefficient (Wildman–Crippen LogP) is 1.05. The van der Waals surface area contributed by atoms with E-state index in [0.717, 1.165) is 6.42 Å². The first-order valence-electron chi connectivity index (χ1n) is 6.16. The third-order valence-electron chi connectivity index (χ3n) is 2.74. The third kappa shape index (κ3) is 3.94. The van der Waals surface area contributed by atoms with Gasteiger partial charge >= 0.3 is 0 Å². The Hall–Kier alpha value is -1.17. The third-order valence-corrected chi connectivity index (χ3v) is 2.74. The number of aliphatic hydroxyl groups is 1. The van der Waals surface area contributed by atoms with E-state index in [0.29, 0.717) is 30.9 Å². The average molecular weight is 254 g/mol. The normalized spacial score (nSPS) is 14.2. The van der Waals surface area contributed by atoms with Crippen LogP contribution in [0.3, 0.4) is 0 Å². The first-order valence-corrected chi connectivity index (χ1v) is 6.16. The molecule has 1 heterocycles. The minimum atomic E-state index is -1.06. The molecule has 0 amide bonds. The Bertz CT molecular complexity index is 360. The maximum atomic E-state index is 10.6. The van der Waals surface area contributed by atoms with E-state index in [-0.39, 0.29) is 6.61 Å². The molecule has 0 radical (unpaired) electrons. The van der Waals surface area contributed by atoms with Crippen molar-refractivity contribution in [2.24, 2.45) is 5.73 Å². The minimum absolute atomic E-state index is 0.213. The lowest BCUT2D eigenvalue weighted by atomic mass is 9.91. The number of hydrogen-bond acceptors (Lipinski definition) is 5. The first kappa shape index (κ1) is 14.9. The molecule has 102 valence electrons. The predicted molar refractivity (Wildman–Crippen MR) is 69.5 cm³/mol. The van der Waals surface area contributed by atoms with Crippen LogP contribution >= 0.6 is 0 Å². The largest absolute Gasteiger partial charge is 0.492 e. The van der Waals surface area contributed by atoms with E-state index in [1.165, 1.54) is 0 Å². The topological polar surface area (TPSA) is 77.6 Å². The van der Waals surface area contributed by atoms with Crippen molar-refractivity contribution in [1.82, 2.24) is 4.98 Å². The van der Waals surface area contributed by atoms with Gasteiger partial charge in [-0.25, -0.2) is 0 Å². The molecule has 0 aliphatic rings. The van der Waals surface area contributed by atoms with Crippen LogP contribution < -0.4 is 10.5 Å². The zero-order chi connectivity index (χ0) is 13.4. The number of nitrogens with zero attached hydrogens (tertiary/aromatic N) is 1. The van der Waals surface area contributed by atoms with Gasteiger partial charge < -0.3 is 20.3 Å². The highest BCUT2D eigenvalue weighted by Crippen LogP contribution is 2.28. The zero-order valence-electron chi connectivity index (χ0n) is 11.1. The van der Waals surface area contributed by atoms with Crippen molar-refractivity contribution in [2.75, 3.05) is 26.9 Å². The molecule has 0 aliphatic heterocycles. The molecule has 0 saturated carbocycles. The summed E-state index contributed by atoms with van der Waals surface area (Å²) in [6.07, 6.45) is 4.52. The maximum absolute atomic E-state index is 10.6. The molecule has 0 aliphatic carbocycles. The molecule has 5 heteroatoms.